The molecule has 7 heteroatoms. The molecule has 0 radical (unpaired) electrons. The lowest BCUT2D eigenvalue weighted by Gasteiger charge is -1.98. The third-order valence-electron chi connectivity index (χ3n) is 1.17. The van der Waals surface area contributed by atoms with Gasteiger partial charge in [-0.2, -0.15) is 0 Å². The molecule has 2 amide bonds. The molecule has 7 nitrogen and oxygen atoms in total. The number of carbonyl (C=O) groups excluding carboxylic acids is 2. The molecule has 12 heavy (non-hydrogen) atoms. The van der Waals surface area contributed by atoms with Crippen LogP contribution < -0.4 is 10.6 Å². The smallest absolute Gasteiger partial charge is 0.333 e. The van der Waals surface area contributed by atoms with Gasteiger partial charge in [-0.05, 0) is 0 Å². The monoisotopic (exact) mass is 174 g/mol. The first-order chi connectivity index (χ1) is 5.15. The first kappa shape index (κ1) is 10.2. The van der Waals surface area contributed by atoms with Crippen molar-refractivity contribution >= 4 is 17.9 Å². The lowest BCUT2D eigenvalue weighted by Crippen LogP contribution is -2.33. The lowest BCUT2D eigenvalue weighted by molar-refractivity contribution is -0.137. The summed E-state index contributed by atoms with van der Waals surface area (Å²) in [6.45, 7) is 0. The van der Waals surface area contributed by atoms with Crippen LogP contribution in [0.5, 0.6) is 0 Å². The van der Waals surface area contributed by atoms with Gasteiger partial charge in [-0.25, -0.2) is 14.4 Å². The number of amides is 2. The van der Waals surface area contributed by atoms with Crippen molar-refractivity contribution in [1.29, 1.82) is 0 Å². The SMILES string of the molecule is O.O=C=C1NC(=O)NC1C(=O)O. The Balaban J connectivity index is 0.00000121. The molecule has 0 aliphatic carbocycles. The van der Waals surface area contributed by atoms with Crippen LogP contribution in [0.4, 0.5) is 4.79 Å². The van der Waals surface area contributed by atoms with E-state index < -0.39 is 18.0 Å². The standard InChI is InChI=1S/C5H4N2O4.H2O/c8-1-2-3(4(9)10)7-5(11)6-2;/h3H,(H,9,10)(H2,6,7,11);1H2. The Bertz CT molecular complexity index is 267. The minimum Gasteiger partial charge on any atom is -0.479 e. The highest BCUT2D eigenvalue weighted by atomic mass is 16.4. The molecule has 66 valence electrons. The Morgan fingerprint density at radius 2 is 2.17 bits per heavy atom. The summed E-state index contributed by atoms with van der Waals surface area (Å²) in [5.74, 6) is 0.0270. The Labute approximate surface area is 66.4 Å². The van der Waals surface area contributed by atoms with E-state index >= 15 is 0 Å². The summed E-state index contributed by atoms with van der Waals surface area (Å²) < 4.78 is 0. The van der Waals surface area contributed by atoms with Gasteiger partial charge in [0.2, 0.25) is 0 Å². The van der Waals surface area contributed by atoms with Gasteiger partial charge in [-0.15, -0.1) is 0 Å². The maximum atomic E-state index is 10.4. The van der Waals surface area contributed by atoms with Gasteiger partial charge < -0.3 is 15.9 Å². The van der Waals surface area contributed by atoms with E-state index in [1.54, 1.807) is 0 Å². The van der Waals surface area contributed by atoms with Gasteiger partial charge in [0.05, 0.1) is 0 Å². The van der Waals surface area contributed by atoms with Crippen LogP contribution in [-0.4, -0.2) is 34.6 Å². The fourth-order valence-corrected chi connectivity index (χ4v) is 0.703. The third-order valence-corrected chi connectivity index (χ3v) is 1.17. The first-order valence-corrected chi connectivity index (χ1v) is 2.70. The van der Waals surface area contributed by atoms with Crippen molar-refractivity contribution in [2.75, 3.05) is 0 Å². The average molecular weight is 174 g/mol. The third kappa shape index (κ3) is 1.60. The van der Waals surface area contributed by atoms with Crippen LogP contribution in [0.1, 0.15) is 0 Å². The van der Waals surface area contributed by atoms with Gasteiger partial charge in [0.15, 0.2) is 6.04 Å². The number of carbonyl (C=O) groups is 2. The summed E-state index contributed by atoms with van der Waals surface area (Å²) >= 11 is 0. The zero-order valence-electron chi connectivity index (χ0n) is 5.75. The van der Waals surface area contributed by atoms with E-state index in [0.29, 0.717) is 0 Å². The summed E-state index contributed by atoms with van der Waals surface area (Å²) in [5, 5.41) is 12.4. The second-order valence-electron chi connectivity index (χ2n) is 1.89. The maximum Gasteiger partial charge on any atom is 0.333 e. The largest absolute Gasteiger partial charge is 0.479 e. The van der Waals surface area contributed by atoms with E-state index in [9.17, 15) is 14.4 Å². The molecule has 0 bridgehead atoms. The molecule has 0 aromatic heterocycles. The molecule has 0 spiro atoms. The van der Waals surface area contributed by atoms with Gasteiger partial charge in [-0.3, -0.25) is 5.32 Å². The summed E-state index contributed by atoms with van der Waals surface area (Å²) in [5.41, 5.74) is -0.289. The Hall–Kier alpha value is -1.85. The van der Waals surface area contributed by atoms with Crippen LogP contribution in [0.25, 0.3) is 0 Å². The molecule has 1 unspecified atom stereocenters. The van der Waals surface area contributed by atoms with Gasteiger partial charge in [0.25, 0.3) is 0 Å². The number of urea groups is 1. The molecule has 1 rings (SSSR count). The number of nitrogens with one attached hydrogen (secondary N) is 2. The van der Waals surface area contributed by atoms with Crippen molar-refractivity contribution in [1.82, 2.24) is 10.6 Å². The van der Waals surface area contributed by atoms with Crippen LogP contribution in [0, 0.1) is 0 Å². The lowest BCUT2D eigenvalue weighted by atomic mass is 10.2. The highest BCUT2D eigenvalue weighted by Crippen LogP contribution is 2.01. The molecule has 0 aromatic rings. The van der Waals surface area contributed by atoms with Crippen molar-refractivity contribution < 1.29 is 25.0 Å². The molecule has 1 fully saturated rings. The van der Waals surface area contributed by atoms with Crippen molar-refractivity contribution in [2.45, 2.75) is 6.04 Å². The van der Waals surface area contributed by atoms with Crippen molar-refractivity contribution in [2.24, 2.45) is 0 Å². The Morgan fingerprint density at radius 3 is 2.50 bits per heavy atom. The number of rotatable bonds is 1. The van der Waals surface area contributed by atoms with Crippen LogP contribution >= 0.6 is 0 Å². The molecular formula is C5H6N2O5. The van der Waals surface area contributed by atoms with Gasteiger partial charge in [0, 0.05) is 0 Å². The van der Waals surface area contributed by atoms with Crippen LogP contribution in [-0.2, 0) is 9.59 Å². The second kappa shape index (κ2) is 3.51. The van der Waals surface area contributed by atoms with Gasteiger partial charge in [0.1, 0.15) is 11.6 Å². The van der Waals surface area contributed by atoms with E-state index in [0.717, 1.165) is 0 Å². The maximum absolute atomic E-state index is 10.4. The summed E-state index contributed by atoms with van der Waals surface area (Å²) in [6.07, 6.45) is 0. The molecule has 1 atom stereocenters. The van der Waals surface area contributed by atoms with E-state index in [1.807, 2.05) is 10.6 Å². The quantitative estimate of drug-likeness (QED) is 0.384. The van der Waals surface area contributed by atoms with E-state index in [2.05, 4.69) is 0 Å². The predicted octanol–water partition coefficient (Wildman–Crippen LogP) is -2.36. The molecule has 1 aliphatic heterocycles. The second-order valence-corrected chi connectivity index (χ2v) is 1.89. The van der Waals surface area contributed by atoms with E-state index in [4.69, 9.17) is 5.11 Å². The number of aliphatic carboxylic acids is 1. The minimum atomic E-state index is -1.29. The van der Waals surface area contributed by atoms with Crippen LogP contribution in [0.3, 0.4) is 0 Å². The molecule has 1 saturated heterocycles. The summed E-state index contributed by atoms with van der Waals surface area (Å²) in [4.78, 5) is 30.7. The molecule has 1 heterocycles. The number of carboxylic acid groups (broad SMARTS) is 1. The van der Waals surface area contributed by atoms with Crippen LogP contribution in [0.15, 0.2) is 5.70 Å². The summed E-state index contributed by atoms with van der Waals surface area (Å²) in [7, 11) is 0. The van der Waals surface area contributed by atoms with Gasteiger partial charge >= 0.3 is 12.0 Å². The topological polar surface area (TPSA) is 127 Å². The van der Waals surface area contributed by atoms with Crippen molar-refractivity contribution in [3.8, 4) is 0 Å². The molecule has 5 N–H and O–H groups in total. The zero-order valence-corrected chi connectivity index (χ0v) is 5.75. The Kier molecular flexibility index (Phi) is 2.97. The zero-order chi connectivity index (χ0) is 8.43. The van der Waals surface area contributed by atoms with Crippen molar-refractivity contribution in [3.63, 3.8) is 0 Å². The van der Waals surface area contributed by atoms with E-state index in [-0.39, 0.29) is 11.2 Å². The molecule has 0 aromatic carbocycles. The fraction of sp³-hybridized carbons (Fsp3) is 0.200. The average Bonchev–Trinajstić information content (AvgIpc) is 2.30. The molecule has 0 saturated carbocycles. The molecular weight excluding hydrogens is 168 g/mol. The van der Waals surface area contributed by atoms with Gasteiger partial charge in [-0.1, -0.05) is 0 Å². The number of hydrogen-bond donors (Lipinski definition) is 3. The normalized spacial score (nSPS) is 20.2. The van der Waals surface area contributed by atoms with Crippen LogP contribution in [0.2, 0.25) is 0 Å². The van der Waals surface area contributed by atoms with Crippen molar-refractivity contribution in [3.05, 3.63) is 5.70 Å². The number of carboxylic acids is 1. The Morgan fingerprint density at radius 1 is 1.58 bits per heavy atom. The molecule has 1 aliphatic rings. The summed E-state index contributed by atoms with van der Waals surface area (Å²) in [6, 6.07) is -1.98. The first-order valence-electron chi connectivity index (χ1n) is 2.70. The van der Waals surface area contributed by atoms with E-state index in [1.165, 1.54) is 5.94 Å². The minimum absolute atomic E-state index is 0. The highest BCUT2D eigenvalue weighted by Gasteiger charge is 2.32. The number of hydrogen-bond acceptors (Lipinski definition) is 3. The fourth-order valence-electron chi connectivity index (χ4n) is 0.703. The predicted molar refractivity (Wildman–Crippen MR) is 35.9 cm³/mol. The highest BCUT2D eigenvalue weighted by molar-refractivity contribution is 5.94.